The summed E-state index contributed by atoms with van der Waals surface area (Å²) in [6.45, 7) is 0.822. The van der Waals surface area contributed by atoms with Gasteiger partial charge in [-0.15, -0.1) is 0 Å². The number of sulfonamides is 1. The van der Waals surface area contributed by atoms with E-state index >= 15 is 0 Å². The Balaban J connectivity index is 1.41. The average molecular weight is 511 g/mol. The van der Waals surface area contributed by atoms with E-state index in [2.05, 4.69) is 15.4 Å². The molecule has 2 aliphatic heterocycles. The van der Waals surface area contributed by atoms with Crippen LogP contribution >= 0.6 is 11.6 Å². The molecule has 182 valence electrons. The van der Waals surface area contributed by atoms with Crippen LogP contribution in [-0.2, 0) is 14.8 Å². The van der Waals surface area contributed by atoms with E-state index in [9.17, 15) is 17.6 Å². The fraction of sp³-hybridized carbons (Fsp3) is 0.524. The van der Waals surface area contributed by atoms with Crippen LogP contribution in [0.4, 0.5) is 10.1 Å². The van der Waals surface area contributed by atoms with Crippen molar-refractivity contribution in [2.75, 3.05) is 38.2 Å². The third-order valence-corrected chi connectivity index (χ3v) is 8.23. The van der Waals surface area contributed by atoms with Crippen molar-refractivity contribution in [3.05, 3.63) is 45.5 Å². The maximum atomic E-state index is 14.7. The third kappa shape index (κ3) is 5.07. The van der Waals surface area contributed by atoms with Crippen molar-refractivity contribution in [3.63, 3.8) is 0 Å². The van der Waals surface area contributed by atoms with Gasteiger partial charge in [0, 0.05) is 25.9 Å². The van der Waals surface area contributed by atoms with Crippen LogP contribution in [0.5, 0.6) is 0 Å². The lowest BCUT2D eigenvalue weighted by atomic mass is 9.99. The van der Waals surface area contributed by atoms with Gasteiger partial charge in [0.25, 0.3) is 15.6 Å². The molecule has 13 heteroatoms. The monoisotopic (exact) mass is 510 g/mol. The highest BCUT2D eigenvalue weighted by Crippen LogP contribution is 2.28. The molecule has 4 heterocycles. The van der Waals surface area contributed by atoms with E-state index in [-0.39, 0.29) is 53.6 Å². The predicted molar refractivity (Wildman–Crippen MR) is 122 cm³/mol. The Morgan fingerprint density at radius 2 is 2.09 bits per heavy atom. The maximum absolute atomic E-state index is 14.7. The molecule has 0 saturated carbocycles. The van der Waals surface area contributed by atoms with Crippen molar-refractivity contribution in [3.8, 4) is 6.07 Å². The van der Waals surface area contributed by atoms with E-state index in [0.717, 1.165) is 0 Å². The van der Waals surface area contributed by atoms with Gasteiger partial charge in [0.05, 0.1) is 36.6 Å². The average Bonchev–Trinajstić information content (AvgIpc) is 2.85. The number of nitrogens with zero attached hydrogens (tertiary/aromatic N) is 5. The first-order chi connectivity index (χ1) is 16.2. The van der Waals surface area contributed by atoms with Crippen LogP contribution in [0.25, 0.3) is 0 Å². The van der Waals surface area contributed by atoms with Crippen LogP contribution in [0.2, 0.25) is 5.02 Å². The summed E-state index contributed by atoms with van der Waals surface area (Å²) in [5.41, 5.74) is -1.53. The molecule has 4 rings (SSSR count). The molecule has 2 aliphatic rings. The molecule has 2 saturated heterocycles. The SMILES string of the molecule is N#Cc1ccc(S(=O)(=O)N2CCC(n3ncc(NC[C@@]4(F)CCCOC4)c(Cl)c3=O)CC2)nc1. The number of hydrogen-bond donors (Lipinski definition) is 1. The van der Waals surface area contributed by atoms with Crippen LogP contribution in [-0.4, -0.2) is 66.0 Å². The summed E-state index contributed by atoms with van der Waals surface area (Å²) in [6.07, 6.45) is 4.31. The van der Waals surface area contributed by atoms with Crippen LogP contribution in [0.1, 0.15) is 37.3 Å². The van der Waals surface area contributed by atoms with E-state index < -0.39 is 21.3 Å². The molecule has 0 spiro atoms. The number of pyridine rings is 1. The number of aromatic nitrogens is 3. The molecule has 2 fully saturated rings. The number of halogens is 2. The lowest BCUT2D eigenvalue weighted by Crippen LogP contribution is -2.42. The molecule has 0 radical (unpaired) electrons. The molecule has 1 atom stereocenters. The molecule has 2 aromatic heterocycles. The normalized spacial score (nSPS) is 22.3. The van der Waals surface area contributed by atoms with Crippen molar-refractivity contribution in [1.82, 2.24) is 19.1 Å². The predicted octanol–water partition coefficient (Wildman–Crippen LogP) is 2.12. The van der Waals surface area contributed by atoms with E-state index in [1.807, 2.05) is 6.07 Å². The molecule has 34 heavy (non-hydrogen) atoms. The topological polar surface area (TPSA) is 130 Å². The second-order valence-corrected chi connectivity index (χ2v) is 10.7. The number of nitrogens with one attached hydrogen (secondary N) is 1. The lowest BCUT2D eigenvalue weighted by Gasteiger charge is -2.31. The van der Waals surface area contributed by atoms with Gasteiger partial charge in [0.1, 0.15) is 11.1 Å². The minimum absolute atomic E-state index is 0.0123. The molecular formula is C21H24ClFN6O4S. The first-order valence-corrected chi connectivity index (χ1v) is 12.7. The van der Waals surface area contributed by atoms with Gasteiger partial charge in [-0.25, -0.2) is 22.5 Å². The second-order valence-electron chi connectivity index (χ2n) is 8.41. The van der Waals surface area contributed by atoms with Gasteiger partial charge < -0.3 is 10.1 Å². The molecular weight excluding hydrogens is 487 g/mol. The van der Waals surface area contributed by atoms with Crippen molar-refractivity contribution in [2.24, 2.45) is 0 Å². The third-order valence-electron chi connectivity index (χ3n) is 6.05. The van der Waals surface area contributed by atoms with Gasteiger partial charge in [0.2, 0.25) is 0 Å². The van der Waals surface area contributed by atoms with Crippen molar-refractivity contribution in [1.29, 1.82) is 5.26 Å². The number of anilines is 1. The number of ether oxygens (including phenoxy) is 1. The minimum atomic E-state index is -3.82. The fourth-order valence-corrected chi connectivity index (χ4v) is 5.68. The maximum Gasteiger partial charge on any atom is 0.287 e. The van der Waals surface area contributed by atoms with E-state index in [0.29, 0.717) is 32.3 Å². The quantitative estimate of drug-likeness (QED) is 0.625. The van der Waals surface area contributed by atoms with E-state index in [1.165, 1.54) is 33.5 Å². The van der Waals surface area contributed by atoms with Gasteiger partial charge in [-0.3, -0.25) is 4.79 Å². The Morgan fingerprint density at radius 3 is 2.71 bits per heavy atom. The Labute approximate surface area is 201 Å². The molecule has 1 N–H and O–H groups in total. The second kappa shape index (κ2) is 9.95. The minimum Gasteiger partial charge on any atom is -0.379 e. The largest absolute Gasteiger partial charge is 0.379 e. The Bertz CT molecular complexity index is 1230. The molecule has 0 aromatic carbocycles. The highest BCUT2D eigenvalue weighted by Gasteiger charge is 2.34. The number of piperidine rings is 1. The first kappa shape index (κ1) is 24.5. The van der Waals surface area contributed by atoms with Gasteiger partial charge in [-0.2, -0.15) is 14.7 Å². The van der Waals surface area contributed by atoms with Crippen LogP contribution < -0.4 is 10.9 Å². The van der Waals surface area contributed by atoms with Crippen LogP contribution in [0.3, 0.4) is 0 Å². The first-order valence-electron chi connectivity index (χ1n) is 10.9. The summed E-state index contributed by atoms with van der Waals surface area (Å²) in [6, 6.07) is 4.27. The molecule has 2 aromatic rings. The van der Waals surface area contributed by atoms with E-state index in [1.54, 1.807) is 0 Å². The Morgan fingerprint density at radius 1 is 1.32 bits per heavy atom. The zero-order valence-electron chi connectivity index (χ0n) is 18.3. The van der Waals surface area contributed by atoms with Crippen molar-refractivity contribution >= 4 is 27.3 Å². The summed E-state index contributed by atoms with van der Waals surface area (Å²) in [5.74, 6) is 0. The molecule has 0 bridgehead atoms. The van der Waals surface area contributed by atoms with Gasteiger partial charge in [-0.1, -0.05) is 11.6 Å². The van der Waals surface area contributed by atoms with Crippen molar-refractivity contribution in [2.45, 2.75) is 42.4 Å². The molecule has 0 unspecified atom stereocenters. The molecule has 0 amide bonds. The van der Waals surface area contributed by atoms with Gasteiger partial charge in [0.15, 0.2) is 10.7 Å². The number of rotatable bonds is 6. The van der Waals surface area contributed by atoms with E-state index in [4.69, 9.17) is 21.6 Å². The molecule has 0 aliphatic carbocycles. The summed E-state index contributed by atoms with van der Waals surface area (Å²) in [4.78, 5) is 16.7. The van der Waals surface area contributed by atoms with Crippen LogP contribution in [0.15, 0.2) is 34.3 Å². The zero-order valence-corrected chi connectivity index (χ0v) is 19.9. The highest BCUT2D eigenvalue weighted by molar-refractivity contribution is 7.89. The summed E-state index contributed by atoms with van der Waals surface area (Å²) in [5, 5.41) is 15.7. The highest BCUT2D eigenvalue weighted by atomic mass is 35.5. The number of alkyl halides is 1. The Kier molecular flexibility index (Phi) is 7.18. The Hall–Kier alpha value is -2.59. The summed E-state index contributed by atoms with van der Waals surface area (Å²) < 4.78 is 48.2. The number of nitriles is 1. The summed E-state index contributed by atoms with van der Waals surface area (Å²) >= 11 is 6.26. The fourth-order valence-electron chi connectivity index (χ4n) is 4.10. The lowest BCUT2D eigenvalue weighted by molar-refractivity contribution is -0.0234. The smallest absolute Gasteiger partial charge is 0.287 e. The van der Waals surface area contributed by atoms with Gasteiger partial charge >= 0.3 is 0 Å². The summed E-state index contributed by atoms with van der Waals surface area (Å²) in [7, 11) is -3.82. The van der Waals surface area contributed by atoms with Crippen LogP contribution in [0, 0.1) is 11.3 Å². The standard InChI is InChI=1S/C21H24ClFN6O4S/c22-19-17(26-13-21(23)6-1-9-33-14-21)12-27-29(20(19)30)16-4-7-28(8-5-16)34(31,32)18-3-2-15(10-24)11-25-18/h2-3,11-12,16,26H,1,4-9,13-14H2/t21-/m0/s1. The molecule has 10 nitrogen and oxygen atoms in total. The zero-order chi connectivity index (χ0) is 24.3. The van der Waals surface area contributed by atoms with Crippen molar-refractivity contribution < 1.29 is 17.5 Å². The number of hydrogen-bond acceptors (Lipinski definition) is 8. The van der Waals surface area contributed by atoms with Gasteiger partial charge in [-0.05, 0) is 37.8 Å².